The molecule has 0 aromatic carbocycles. The molecule has 0 spiro atoms. The van der Waals surface area contributed by atoms with E-state index >= 15 is 0 Å². The Morgan fingerprint density at radius 2 is 2.50 bits per heavy atom. The summed E-state index contributed by atoms with van der Waals surface area (Å²) in [5.41, 5.74) is 2.64. The topological polar surface area (TPSA) is 29.9 Å². The van der Waals surface area contributed by atoms with E-state index in [1.165, 1.54) is 17.7 Å². The summed E-state index contributed by atoms with van der Waals surface area (Å²) >= 11 is 0. The molecule has 1 atom stereocenters. The minimum atomic E-state index is 0.577. The van der Waals surface area contributed by atoms with Gasteiger partial charge in [-0.1, -0.05) is 6.92 Å². The lowest BCUT2D eigenvalue weighted by Crippen LogP contribution is -2.35. The molecule has 1 fully saturated rings. The van der Waals surface area contributed by atoms with Crippen molar-refractivity contribution in [3.8, 4) is 0 Å². The molecule has 2 heterocycles. The molecule has 3 nitrogen and oxygen atoms in total. The Morgan fingerprint density at radius 1 is 1.75 bits per heavy atom. The molecular formula is C9H15N3. The lowest BCUT2D eigenvalue weighted by Gasteiger charge is -2.27. The highest BCUT2D eigenvalue weighted by Crippen LogP contribution is 2.25. The van der Waals surface area contributed by atoms with Gasteiger partial charge in [-0.2, -0.15) is 5.10 Å². The van der Waals surface area contributed by atoms with Gasteiger partial charge in [0.05, 0.1) is 5.69 Å². The number of hydrogen-bond acceptors (Lipinski definition) is 2. The van der Waals surface area contributed by atoms with E-state index in [1.54, 1.807) is 0 Å². The maximum atomic E-state index is 4.41. The van der Waals surface area contributed by atoms with Crippen LogP contribution in [0.15, 0.2) is 6.20 Å². The van der Waals surface area contributed by atoms with Crippen molar-refractivity contribution < 1.29 is 0 Å². The van der Waals surface area contributed by atoms with Crippen molar-refractivity contribution in [1.29, 1.82) is 0 Å². The molecule has 0 radical (unpaired) electrons. The molecule has 2 rings (SSSR count). The summed E-state index contributed by atoms with van der Waals surface area (Å²) in [7, 11) is 1.99. The molecule has 1 N–H and O–H groups in total. The van der Waals surface area contributed by atoms with E-state index < -0.39 is 0 Å². The molecule has 1 aromatic heterocycles. The standard InChI is InChI=1S/C9H15N3/c1-3-8-7(6-12(2)11-8)9-4-5-10-9/h6,9-10H,3-5H2,1-2H3. The number of rotatable bonds is 2. The summed E-state index contributed by atoms with van der Waals surface area (Å²) < 4.78 is 1.91. The molecule has 66 valence electrons. The summed E-state index contributed by atoms with van der Waals surface area (Å²) in [6.45, 7) is 3.31. The fraction of sp³-hybridized carbons (Fsp3) is 0.667. The fourth-order valence-electron chi connectivity index (χ4n) is 1.67. The molecule has 1 aliphatic rings. The van der Waals surface area contributed by atoms with E-state index in [0.717, 1.165) is 13.0 Å². The van der Waals surface area contributed by atoms with E-state index in [0.29, 0.717) is 6.04 Å². The van der Waals surface area contributed by atoms with Crippen LogP contribution in [0, 0.1) is 0 Å². The van der Waals surface area contributed by atoms with Crippen LogP contribution in [0.3, 0.4) is 0 Å². The van der Waals surface area contributed by atoms with Gasteiger partial charge < -0.3 is 5.32 Å². The predicted molar refractivity (Wildman–Crippen MR) is 47.9 cm³/mol. The Morgan fingerprint density at radius 3 is 3.00 bits per heavy atom. The number of aromatic nitrogens is 2. The summed E-state index contributed by atoms with van der Waals surface area (Å²) in [4.78, 5) is 0. The van der Waals surface area contributed by atoms with Crippen molar-refractivity contribution in [2.24, 2.45) is 7.05 Å². The average molecular weight is 165 g/mol. The maximum absolute atomic E-state index is 4.41. The summed E-state index contributed by atoms with van der Waals surface area (Å²) in [5, 5.41) is 7.81. The smallest absolute Gasteiger partial charge is 0.0669 e. The van der Waals surface area contributed by atoms with Gasteiger partial charge in [0, 0.05) is 24.8 Å². The van der Waals surface area contributed by atoms with Crippen molar-refractivity contribution in [3.05, 3.63) is 17.5 Å². The van der Waals surface area contributed by atoms with E-state index in [9.17, 15) is 0 Å². The van der Waals surface area contributed by atoms with Crippen molar-refractivity contribution in [2.45, 2.75) is 25.8 Å². The summed E-state index contributed by atoms with van der Waals surface area (Å²) in [6, 6.07) is 0.577. The van der Waals surface area contributed by atoms with Gasteiger partial charge in [-0.3, -0.25) is 4.68 Å². The van der Waals surface area contributed by atoms with Crippen LogP contribution in [-0.4, -0.2) is 16.3 Å². The highest BCUT2D eigenvalue weighted by molar-refractivity contribution is 5.23. The van der Waals surface area contributed by atoms with Gasteiger partial charge in [0.15, 0.2) is 0 Å². The Balaban J connectivity index is 2.27. The second-order valence-corrected chi connectivity index (χ2v) is 3.35. The molecular weight excluding hydrogens is 150 g/mol. The van der Waals surface area contributed by atoms with Crippen LogP contribution in [-0.2, 0) is 13.5 Å². The first kappa shape index (κ1) is 7.80. The zero-order valence-electron chi connectivity index (χ0n) is 7.67. The monoisotopic (exact) mass is 165 g/mol. The molecule has 0 saturated carbocycles. The highest BCUT2D eigenvalue weighted by atomic mass is 15.3. The second-order valence-electron chi connectivity index (χ2n) is 3.35. The quantitative estimate of drug-likeness (QED) is 0.709. The Bertz CT molecular complexity index is 273. The van der Waals surface area contributed by atoms with Crippen LogP contribution in [0.2, 0.25) is 0 Å². The van der Waals surface area contributed by atoms with Gasteiger partial charge in [0.25, 0.3) is 0 Å². The summed E-state index contributed by atoms with van der Waals surface area (Å²) in [6.07, 6.45) is 4.43. The minimum Gasteiger partial charge on any atom is -0.310 e. The third-order valence-corrected chi connectivity index (χ3v) is 2.47. The van der Waals surface area contributed by atoms with Crippen LogP contribution in [0.25, 0.3) is 0 Å². The van der Waals surface area contributed by atoms with Gasteiger partial charge in [-0.25, -0.2) is 0 Å². The Labute approximate surface area is 72.8 Å². The molecule has 1 saturated heterocycles. The molecule has 1 unspecified atom stereocenters. The molecule has 1 aromatic rings. The zero-order chi connectivity index (χ0) is 8.55. The SMILES string of the molecule is CCc1nn(C)cc1C1CCN1. The van der Waals surface area contributed by atoms with Crippen LogP contribution in [0.1, 0.15) is 30.6 Å². The van der Waals surface area contributed by atoms with Gasteiger partial charge in [-0.15, -0.1) is 0 Å². The number of aryl methyl sites for hydroxylation is 2. The Hall–Kier alpha value is -0.830. The lowest BCUT2D eigenvalue weighted by molar-refractivity contribution is 0.381. The normalized spacial score (nSPS) is 22.3. The van der Waals surface area contributed by atoms with Crippen LogP contribution in [0.5, 0.6) is 0 Å². The summed E-state index contributed by atoms with van der Waals surface area (Å²) in [5.74, 6) is 0. The third-order valence-electron chi connectivity index (χ3n) is 2.47. The average Bonchev–Trinajstić information content (AvgIpc) is 2.27. The van der Waals surface area contributed by atoms with Crippen molar-refractivity contribution >= 4 is 0 Å². The largest absolute Gasteiger partial charge is 0.310 e. The third kappa shape index (κ3) is 1.14. The van der Waals surface area contributed by atoms with Crippen LogP contribution in [0.4, 0.5) is 0 Å². The first-order valence-corrected chi connectivity index (χ1v) is 4.57. The van der Waals surface area contributed by atoms with Gasteiger partial charge in [0.1, 0.15) is 0 Å². The molecule has 0 bridgehead atoms. The van der Waals surface area contributed by atoms with Crippen molar-refractivity contribution in [1.82, 2.24) is 15.1 Å². The Kier molecular flexibility index (Phi) is 1.89. The van der Waals surface area contributed by atoms with Crippen LogP contribution < -0.4 is 5.32 Å². The van der Waals surface area contributed by atoms with E-state index in [4.69, 9.17) is 0 Å². The maximum Gasteiger partial charge on any atom is 0.0669 e. The van der Waals surface area contributed by atoms with Crippen molar-refractivity contribution in [3.63, 3.8) is 0 Å². The lowest BCUT2D eigenvalue weighted by atomic mass is 9.98. The van der Waals surface area contributed by atoms with Gasteiger partial charge in [-0.05, 0) is 19.4 Å². The van der Waals surface area contributed by atoms with E-state index in [-0.39, 0.29) is 0 Å². The zero-order valence-corrected chi connectivity index (χ0v) is 7.67. The van der Waals surface area contributed by atoms with Gasteiger partial charge in [0.2, 0.25) is 0 Å². The molecule has 3 heteroatoms. The minimum absolute atomic E-state index is 0.577. The van der Waals surface area contributed by atoms with E-state index in [1.807, 2.05) is 11.7 Å². The predicted octanol–water partition coefficient (Wildman–Crippen LogP) is 1.02. The molecule has 1 aliphatic heterocycles. The highest BCUT2D eigenvalue weighted by Gasteiger charge is 2.22. The molecule has 12 heavy (non-hydrogen) atoms. The van der Waals surface area contributed by atoms with Crippen LogP contribution >= 0.6 is 0 Å². The van der Waals surface area contributed by atoms with Crippen molar-refractivity contribution in [2.75, 3.05) is 6.54 Å². The second kappa shape index (κ2) is 2.90. The van der Waals surface area contributed by atoms with Gasteiger partial charge >= 0.3 is 0 Å². The first-order chi connectivity index (χ1) is 5.81. The number of hydrogen-bond donors (Lipinski definition) is 1. The number of nitrogens with zero attached hydrogens (tertiary/aromatic N) is 2. The van der Waals surface area contributed by atoms with E-state index in [2.05, 4.69) is 23.5 Å². The molecule has 0 aliphatic carbocycles. The first-order valence-electron chi connectivity index (χ1n) is 4.57. The fourth-order valence-corrected chi connectivity index (χ4v) is 1.67. The number of nitrogens with one attached hydrogen (secondary N) is 1. The molecule has 0 amide bonds.